The normalized spacial score (nSPS) is 16.6. The molecule has 1 aliphatic carbocycles. The number of thioether (sulfide) groups is 1. The van der Waals surface area contributed by atoms with Crippen molar-refractivity contribution in [3.05, 3.63) is 59.9 Å². The summed E-state index contributed by atoms with van der Waals surface area (Å²) in [7, 11) is 1.56. The minimum absolute atomic E-state index is 0.0191. The maximum absolute atomic E-state index is 13.3. The monoisotopic (exact) mass is 477 g/mol. The lowest BCUT2D eigenvalue weighted by Gasteiger charge is -2.20. The number of carbonyl (C=O) groups excluding carboxylic acids is 1. The Kier molecular flexibility index (Phi) is 6.92. The minimum atomic E-state index is -4.49. The average molecular weight is 478 g/mol. The number of methoxy groups -OCH3 is 1. The van der Waals surface area contributed by atoms with Crippen LogP contribution >= 0.6 is 11.8 Å². The molecule has 1 aromatic heterocycles. The van der Waals surface area contributed by atoms with Crippen LogP contribution in [0.5, 0.6) is 11.5 Å². The molecule has 1 unspecified atom stereocenters. The second kappa shape index (κ2) is 9.86. The molecule has 3 aromatic rings. The molecule has 0 aliphatic heterocycles. The molecule has 2 aromatic carbocycles. The van der Waals surface area contributed by atoms with Gasteiger partial charge in [0.1, 0.15) is 23.9 Å². The van der Waals surface area contributed by atoms with Crippen LogP contribution in [-0.4, -0.2) is 32.9 Å². The Morgan fingerprint density at radius 2 is 1.85 bits per heavy atom. The van der Waals surface area contributed by atoms with Crippen molar-refractivity contribution in [2.75, 3.05) is 7.11 Å². The van der Waals surface area contributed by atoms with Crippen LogP contribution in [0.25, 0.3) is 5.69 Å². The molecule has 1 fully saturated rings. The molecule has 10 heteroatoms. The van der Waals surface area contributed by atoms with Crippen LogP contribution in [0, 0.1) is 0 Å². The SMILES string of the molecule is COc1ccc(OCc2nnc(SC3CCCCC3=O)n2-c2cccc(C(F)(F)F)c2)cc1. The Morgan fingerprint density at radius 1 is 1.09 bits per heavy atom. The highest BCUT2D eigenvalue weighted by Crippen LogP contribution is 2.35. The van der Waals surface area contributed by atoms with Crippen molar-refractivity contribution in [2.45, 2.75) is 48.9 Å². The standard InChI is InChI=1S/C23H22F3N3O3S/c1-31-17-9-11-18(12-10-17)32-14-21-27-28-22(33-20-8-3-2-7-19(20)30)29(21)16-6-4-5-15(13-16)23(24,25)26/h4-6,9-13,20H,2-3,7-8,14H2,1H3. The molecule has 174 valence electrons. The van der Waals surface area contributed by atoms with Gasteiger partial charge in [-0.1, -0.05) is 24.2 Å². The number of hydrogen-bond donors (Lipinski definition) is 0. The summed E-state index contributed by atoms with van der Waals surface area (Å²) in [5.74, 6) is 1.67. The fraction of sp³-hybridized carbons (Fsp3) is 0.348. The highest BCUT2D eigenvalue weighted by atomic mass is 32.2. The van der Waals surface area contributed by atoms with Gasteiger partial charge >= 0.3 is 6.18 Å². The second-order valence-corrected chi connectivity index (χ2v) is 8.73. The lowest BCUT2D eigenvalue weighted by molar-refractivity contribution is -0.137. The van der Waals surface area contributed by atoms with Crippen molar-refractivity contribution < 1.29 is 27.4 Å². The topological polar surface area (TPSA) is 66.2 Å². The zero-order valence-corrected chi connectivity index (χ0v) is 18.7. The number of benzene rings is 2. The Morgan fingerprint density at radius 3 is 2.55 bits per heavy atom. The molecule has 1 saturated carbocycles. The largest absolute Gasteiger partial charge is 0.497 e. The molecule has 0 radical (unpaired) electrons. The van der Waals surface area contributed by atoms with E-state index in [0.29, 0.717) is 35.3 Å². The molecular weight excluding hydrogens is 455 g/mol. The Bertz CT molecular complexity index is 1120. The Labute approximate surface area is 193 Å². The van der Waals surface area contributed by atoms with Crippen molar-refractivity contribution in [1.29, 1.82) is 0 Å². The summed E-state index contributed by atoms with van der Waals surface area (Å²) in [6.07, 6.45) is -1.50. The molecule has 1 heterocycles. The maximum atomic E-state index is 13.3. The summed E-state index contributed by atoms with van der Waals surface area (Å²) in [6, 6.07) is 11.9. The third-order valence-electron chi connectivity index (χ3n) is 5.31. The summed E-state index contributed by atoms with van der Waals surface area (Å²) < 4.78 is 52.5. The molecular formula is C23H22F3N3O3S. The molecule has 4 rings (SSSR count). The lowest BCUT2D eigenvalue weighted by Crippen LogP contribution is -2.22. The molecule has 6 nitrogen and oxygen atoms in total. The van der Waals surface area contributed by atoms with Gasteiger partial charge in [0.05, 0.1) is 23.6 Å². The maximum Gasteiger partial charge on any atom is 0.416 e. The van der Waals surface area contributed by atoms with E-state index in [1.807, 2.05) is 0 Å². The van der Waals surface area contributed by atoms with Crippen molar-refractivity contribution in [3.63, 3.8) is 0 Å². The number of aromatic nitrogens is 3. The highest BCUT2D eigenvalue weighted by molar-refractivity contribution is 8.00. The van der Waals surface area contributed by atoms with E-state index in [2.05, 4.69) is 10.2 Å². The lowest BCUT2D eigenvalue weighted by atomic mass is 9.99. The first-order valence-corrected chi connectivity index (χ1v) is 11.3. The van der Waals surface area contributed by atoms with Crippen molar-refractivity contribution in [1.82, 2.24) is 14.8 Å². The molecule has 33 heavy (non-hydrogen) atoms. The fourth-order valence-corrected chi connectivity index (χ4v) is 4.77. The van der Waals surface area contributed by atoms with E-state index in [1.165, 1.54) is 22.4 Å². The van der Waals surface area contributed by atoms with E-state index in [0.717, 1.165) is 25.0 Å². The number of nitrogens with zero attached hydrogens (tertiary/aromatic N) is 3. The van der Waals surface area contributed by atoms with Crippen LogP contribution in [0.2, 0.25) is 0 Å². The van der Waals surface area contributed by atoms with Gasteiger partial charge in [-0.05, 0) is 55.3 Å². The van der Waals surface area contributed by atoms with Crippen molar-refractivity contribution in [3.8, 4) is 17.2 Å². The van der Waals surface area contributed by atoms with E-state index in [4.69, 9.17) is 9.47 Å². The summed E-state index contributed by atoms with van der Waals surface area (Å²) in [4.78, 5) is 12.3. The average Bonchev–Trinajstić information content (AvgIpc) is 3.21. The predicted molar refractivity (Wildman–Crippen MR) is 117 cm³/mol. The summed E-state index contributed by atoms with van der Waals surface area (Å²) >= 11 is 1.24. The first-order chi connectivity index (χ1) is 15.8. The summed E-state index contributed by atoms with van der Waals surface area (Å²) in [5.41, 5.74) is -0.519. The van der Waals surface area contributed by atoms with Gasteiger partial charge in [-0.3, -0.25) is 9.36 Å². The Hall–Kier alpha value is -3.01. The molecule has 0 spiro atoms. The minimum Gasteiger partial charge on any atom is -0.497 e. The number of rotatable bonds is 7. The van der Waals surface area contributed by atoms with Gasteiger partial charge in [-0.15, -0.1) is 10.2 Å². The van der Waals surface area contributed by atoms with Gasteiger partial charge in [0.2, 0.25) is 0 Å². The highest BCUT2D eigenvalue weighted by Gasteiger charge is 2.31. The smallest absolute Gasteiger partial charge is 0.416 e. The zero-order valence-electron chi connectivity index (χ0n) is 17.8. The van der Waals surface area contributed by atoms with Gasteiger partial charge in [0, 0.05) is 6.42 Å². The Balaban J connectivity index is 1.65. The van der Waals surface area contributed by atoms with Crippen LogP contribution in [0.15, 0.2) is 53.7 Å². The van der Waals surface area contributed by atoms with Gasteiger partial charge in [-0.25, -0.2) is 0 Å². The molecule has 1 atom stereocenters. The molecule has 0 N–H and O–H groups in total. The first-order valence-electron chi connectivity index (χ1n) is 10.4. The number of alkyl halides is 3. The van der Waals surface area contributed by atoms with E-state index in [1.54, 1.807) is 37.4 Å². The van der Waals surface area contributed by atoms with Crippen LogP contribution in [0.3, 0.4) is 0 Å². The second-order valence-electron chi connectivity index (χ2n) is 7.57. The van der Waals surface area contributed by atoms with Crippen LogP contribution < -0.4 is 9.47 Å². The van der Waals surface area contributed by atoms with Crippen LogP contribution in [0.1, 0.15) is 37.1 Å². The van der Waals surface area contributed by atoms with Crippen LogP contribution in [0.4, 0.5) is 13.2 Å². The van der Waals surface area contributed by atoms with E-state index in [9.17, 15) is 18.0 Å². The van der Waals surface area contributed by atoms with Gasteiger partial charge < -0.3 is 9.47 Å². The quantitative estimate of drug-likeness (QED) is 0.449. The first kappa shape index (κ1) is 23.2. The number of ketones is 1. The van der Waals surface area contributed by atoms with E-state index in [-0.39, 0.29) is 23.3 Å². The number of halogens is 3. The number of Topliss-reactive ketones (excluding diaryl/α,β-unsaturated/α-hetero) is 1. The number of hydrogen-bond acceptors (Lipinski definition) is 6. The number of carbonyl (C=O) groups is 1. The third kappa shape index (κ3) is 5.50. The zero-order chi connectivity index (χ0) is 23.4. The van der Waals surface area contributed by atoms with Crippen molar-refractivity contribution >= 4 is 17.5 Å². The fourth-order valence-electron chi connectivity index (χ4n) is 3.57. The number of ether oxygens (including phenoxy) is 2. The molecule has 0 bridgehead atoms. The predicted octanol–water partition coefficient (Wildman–Crippen LogP) is 5.48. The van der Waals surface area contributed by atoms with Crippen LogP contribution in [-0.2, 0) is 17.6 Å². The van der Waals surface area contributed by atoms with E-state index >= 15 is 0 Å². The molecule has 0 amide bonds. The summed E-state index contributed by atoms with van der Waals surface area (Å²) in [6.45, 7) is -0.0191. The third-order valence-corrected chi connectivity index (χ3v) is 6.56. The van der Waals surface area contributed by atoms with Crippen molar-refractivity contribution in [2.24, 2.45) is 0 Å². The summed E-state index contributed by atoms with van der Waals surface area (Å²) in [5, 5.41) is 8.44. The van der Waals surface area contributed by atoms with Gasteiger partial charge in [-0.2, -0.15) is 13.2 Å². The van der Waals surface area contributed by atoms with Gasteiger partial charge in [0.25, 0.3) is 0 Å². The molecule has 0 saturated heterocycles. The molecule has 1 aliphatic rings. The van der Waals surface area contributed by atoms with Gasteiger partial charge in [0.15, 0.2) is 11.0 Å². The van der Waals surface area contributed by atoms with E-state index < -0.39 is 11.7 Å².